The Morgan fingerprint density at radius 3 is 2.59 bits per heavy atom. The first-order valence-corrected chi connectivity index (χ1v) is 14.5. The summed E-state index contributed by atoms with van der Waals surface area (Å²) >= 11 is 0. The molecule has 0 unspecified atom stereocenters. The van der Waals surface area contributed by atoms with Gasteiger partial charge in [-0.15, -0.1) is 0 Å². The zero-order valence-corrected chi connectivity index (χ0v) is 22.6. The Balaban J connectivity index is 1.21. The van der Waals surface area contributed by atoms with Gasteiger partial charge in [-0.3, -0.25) is 9.69 Å². The molecule has 2 aromatic rings. The van der Waals surface area contributed by atoms with Crippen molar-refractivity contribution in [1.29, 1.82) is 0 Å². The molecule has 37 heavy (non-hydrogen) atoms. The van der Waals surface area contributed by atoms with E-state index in [0.717, 1.165) is 81.4 Å². The number of aryl methyl sites for hydroxylation is 2. The quantitative estimate of drug-likeness (QED) is 0.502. The lowest BCUT2D eigenvalue weighted by Gasteiger charge is -2.45. The Labute approximate surface area is 223 Å². The van der Waals surface area contributed by atoms with Gasteiger partial charge in [-0.25, -0.2) is 0 Å². The summed E-state index contributed by atoms with van der Waals surface area (Å²) in [5.41, 5.74) is 2.78. The van der Waals surface area contributed by atoms with Gasteiger partial charge in [0.2, 0.25) is 5.91 Å². The summed E-state index contributed by atoms with van der Waals surface area (Å²) in [5, 5.41) is 0. The molecule has 0 atom stereocenters. The predicted octanol–water partition coefficient (Wildman–Crippen LogP) is 5.75. The smallest absolute Gasteiger partial charge is 0.222 e. The van der Waals surface area contributed by atoms with Crippen molar-refractivity contribution in [3.63, 3.8) is 0 Å². The van der Waals surface area contributed by atoms with Crippen LogP contribution in [0, 0.1) is 11.3 Å². The molecule has 2 aromatic carbocycles. The van der Waals surface area contributed by atoms with E-state index in [1.165, 1.54) is 44.2 Å². The van der Waals surface area contributed by atoms with Crippen LogP contribution in [0.3, 0.4) is 0 Å². The Morgan fingerprint density at radius 2 is 1.78 bits per heavy atom. The first-order valence-electron chi connectivity index (χ1n) is 14.5. The van der Waals surface area contributed by atoms with Crippen molar-refractivity contribution in [2.75, 3.05) is 46.4 Å². The lowest BCUT2D eigenvalue weighted by Crippen LogP contribution is -2.49. The fraction of sp³-hybridized carbons (Fsp3) is 0.594. The topological polar surface area (TPSA) is 42.0 Å². The Morgan fingerprint density at radius 1 is 1.00 bits per heavy atom. The minimum absolute atomic E-state index is 0.286. The fourth-order valence-corrected chi connectivity index (χ4v) is 6.35. The lowest BCUT2D eigenvalue weighted by molar-refractivity contribution is -0.133. The number of methoxy groups -OCH3 is 1. The van der Waals surface area contributed by atoms with Gasteiger partial charge in [-0.05, 0) is 86.0 Å². The molecule has 0 radical (unpaired) electrons. The van der Waals surface area contributed by atoms with E-state index < -0.39 is 0 Å². The predicted molar refractivity (Wildman–Crippen MR) is 148 cm³/mol. The summed E-state index contributed by atoms with van der Waals surface area (Å²) in [4.78, 5) is 18.0. The molecule has 5 heteroatoms. The van der Waals surface area contributed by atoms with Gasteiger partial charge in [0.15, 0.2) is 0 Å². The zero-order valence-electron chi connectivity index (χ0n) is 22.6. The number of carbonyl (C=O) groups is 1. The van der Waals surface area contributed by atoms with Gasteiger partial charge in [0.25, 0.3) is 0 Å². The average molecular weight is 505 g/mol. The van der Waals surface area contributed by atoms with Crippen LogP contribution in [0.4, 0.5) is 0 Å². The molecule has 2 aliphatic heterocycles. The molecule has 2 fully saturated rings. The molecule has 5 nitrogen and oxygen atoms in total. The maximum absolute atomic E-state index is 13.1. The number of benzene rings is 2. The van der Waals surface area contributed by atoms with Gasteiger partial charge < -0.3 is 14.4 Å². The van der Waals surface area contributed by atoms with Crippen LogP contribution in [0.5, 0.6) is 11.5 Å². The molecule has 1 amide bonds. The largest absolute Gasteiger partial charge is 0.496 e. The first-order chi connectivity index (χ1) is 18.1. The highest BCUT2D eigenvalue weighted by molar-refractivity contribution is 5.76. The van der Waals surface area contributed by atoms with Crippen molar-refractivity contribution in [1.82, 2.24) is 9.80 Å². The second-order valence-electron chi connectivity index (χ2n) is 11.5. The van der Waals surface area contributed by atoms with Crippen LogP contribution in [0.2, 0.25) is 0 Å². The fourth-order valence-electron chi connectivity index (χ4n) is 6.35. The van der Waals surface area contributed by atoms with Gasteiger partial charge in [-0.1, -0.05) is 42.8 Å². The molecule has 0 aromatic heterocycles. The second-order valence-corrected chi connectivity index (χ2v) is 11.5. The van der Waals surface area contributed by atoms with E-state index in [-0.39, 0.29) is 5.91 Å². The van der Waals surface area contributed by atoms with Crippen molar-refractivity contribution in [2.45, 2.75) is 64.2 Å². The zero-order chi connectivity index (χ0) is 25.5. The molecule has 2 heterocycles. The van der Waals surface area contributed by atoms with Gasteiger partial charge >= 0.3 is 0 Å². The number of hydrogen-bond acceptors (Lipinski definition) is 4. The molecule has 3 aliphatic rings. The average Bonchev–Trinajstić information content (AvgIpc) is 3.74. The van der Waals surface area contributed by atoms with Crippen LogP contribution in [0.25, 0.3) is 0 Å². The Hall–Kier alpha value is -2.53. The van der Waals surface area contributed by atoms with E-state index in [9.17, 15) is 4.79 Å². The summed E-state index contributed by atoms with van der Waals surface area (Å²) in [6.45, 7) is 5.89. The minimum atomic E-state index is 0.286. The number of amides is 1. The summed E-state index contributed by atoms with van der Waals surface area (Å²) in [7, 11) is 1.70. The van der Waals surface area contributed by atoms with Crippen molar-refractivity contribution in [2.24, 2.45) is 11.3 Å². The molecule has 1 aliphatic carbocycles. The molecule has 1 saturated carbocycles. The lowest BCUT2D eigenvalue weighted by atomic mass is 9.73. The van der Waals surface area contributed by atoms with Crippen LogP contribution in [-0.2, 0) is 17.6 Å². The number of fused-ring (bicyclic) bond motifs is 1. The van der Waals surface area contributed by atoms with E-state index in [0.29, 0.717) is 11.8 Å². The molecule has 200 valence electrons. The van der Waals surface area contributed by atoms with Crippen LogP contribution < -0.4 is 9.47 Å². The summed E-state index contributed by atoms with van der Waals surface area (Å²) < 4.78 is 11.8. The van der Waals surface area contributed by atoms with Crippen LogP contribution in [-0.4, -0.2) is 62.1 Å². The van der Waals surface area contributed by atoms with Crippen molar-refractivity contribution in [3.8, 4) is 11.5 Å². The van der Waals surface area contributed by atoms with E-state index in [1.54, 1.807) is 7.11 Å². The molecule has 0 bridgehead atoms. The third kappa shape index (κ3) is 7.07. The summed E-state index contributed by atoms with van der Waals surface area (Å²) in [6, 6.07) is 16.6. The van der Waals surface area contributed by atoms with E-state index in [1.807, 2.05) is 18.2 Å². The van der Waals surface area contributed by atoms with Crippen molar-refractivity contribution in [3.05, 3.63) is 59.7 Å². The highest BCUT2D eigenvalue weighted by atomic mass is 16.5. The van der Waals surface area contributed by atoms with Crippen LogP contribution in [0.15, 0.2) is 48.5 Å². The molecular formula is C32H44N2O3. The molecule has 1 spiro atoms. The number of nitrogens with zero attached hydrogens (tertiary/aromatic N) is 2. The van der Waals surface area contributed by atoms with Crippen molar-refractivity contribution >= 4 is 5.91 Å². The Kier molecular flexibility index (Phi) is 8.70. The van der Waals surface area contributed by atoms with Crippen LogP contribution in [0.1, 0.15) is 62.5 Å². The van der Waals surface area contributed by atoms with Crippen LogP contribution >= 0.6 is 0 Å². The number of carbonyl (C=O) groups excluding carboxylic acids is 1. The maximum atomic E-state index is 13.1. The van der Waals surface area contributed by atoms with Gasteiger partial charge in [-0.2, -0.15) is 0 Å². The maximum Gasteiger partial charge on any atom is 0.222 e. The minimum Gasteiger partial charge on any atom is -0.496 e. The highest BCUT2D eigenvalue weighted by Crippen LogP contribution is 2.40. The molecule has 1 saturated heterocycles. The second kappa shape index (κ2) is 12.3. The van der Waals surface area contributed by atoms with E-state index in [4.69, 9.17) is 9.47 Å². The highest BCUT2D eigenvalue weighted by Gasteiger charge is 2.38. The molecule has 0 N–H and O–H groups in total. The first kappa shape index (κ1) is 26.1. The normalized spacial score (nSPS) is 20.8. The third-order valence-electron chi connectivity index (χ3n) is 8.79. The van der Waals surface area contributed by atoms with E-state index in [2.05, 4.69) is 40.1 Å². The number of piperidine rings is 1. The number of rotatable bonds is 6. The Bertz CT molecular complexity index is 1030. The van der Waals surface area contributed by atoms with Gasteiger partial charge in [0.05, 0.1) is 7.11 Å². The third-order valence-corrected chi connectivity index (χ3v) is 8.79. The van der Waals surface area contributed by atoms with Gasteiger partial charge in [0.1, 0.15) is 18.1 Å². The summed E-state index contributed by atoms with van der Waals surface area (Å²) in [5.74, 6) is 3.11. The summed E-state index contributed by atoms with van der Waals surface area (Å²) in [6.07, 6.45) is 11.1. The number of ether oxygens (including phenoxy) is 2. The standard InChI is InChI=1S/C32H44N2O3/c1-36-29-11-4-2-9-28(29)15-16-31(35)34-20-18-32(19-21-34)17-7-6-10-27-8-3-5-12-30(27)37-23-22-33(25-32)24-26-13-14-26/h2-5,8-9,11-12,26H,6-7,10,13-25H2,1H3. The number of likely N-dealkylation sites (tertiary alicyclic amines) is 1. The van der Waals surface area contributed by atoms with E-state index >= 15 is 0 Å². The molecular weight excluding hydrogens is 460 g/mol. The van der Waals surface area contributed by atoms with Gasteiger partial charge in [0, 0.05) is 39.1 Å². The van der Waals surface area contributed by atoms with Crippen molar-refractivity contribution < 1.29 is 14.3 Å². The number of para-hydroxylation sites is 2. The molecule has 5 rings (SSSR count). The number of hydrogen-bond donors (Lipinski definition) is 0. The SMILES string of the molecule is COc1ccccc1CCC(=O)N1CCC2(CCCCc3ccccc3OCCN(CC3CC3)C2)CC1. The monoisotopic (exact) mass is 504 g/mol.